The lowest BCUT2D eigenvalue weighted by molar-refractivity contribution is 0.289. The summed E-state index contributed by atoms with van der Waals surface area (Å²) in [5.74, 6) is 5.09. The van der Waals surface area contributed by atoms with Gasteiger partial charge in [-0.1, -0.05) is 23.8 Å². The lowest BCUT2D eigenvalue weighted by Crippen LogP contribution is -2.21. The molecular weight excluding hydrogens is 144 g/mol. The van der Waals surface area contributed by atoms with Gasteiger partial charge in [-0.25, -0.2) is 0 Å². The van der Waals surface area contributed by atoms with Crippen molar-refractivity contribution < 1.29 is 0 Å². The Morgan fingerprint density at radius 2 is 2.08 bits per heavy atom. The van der Waals surface area contributed by atoms with Crippen molar-refractivity contribution >= 4 is 0 Å². The van der Waals surface area contributed by atoms with Crippen molar-refractivity contribution in [1.82, 2.24) is 0 Å². The van der Waals surface area contributed by atoms with Gasteiger partial charge in [-0.3, -0.25) is 0 Å². The van der Waals surface area contributed by atoms with Gasteiger partial charge in [0.1, 0.15) is 0 Å². The van der Waals surface area contributed by atoms with Crippen LogP contribution in [0.25, 0.3) is 0 Å². The Bertz CT molecular complexity index is 297. The minimum Gasteiger partial charge on any atom is -0.0848 e. The summed E-state index contributed by atoms with van der Waals surface area (Å²) in [5, 5.41) is 0. The zero-order valence-electron chi connectivity index (χ0n) is 7.24. The monoisotopic (exact) mass is 158 g/mol. The second kappa shape index (κ2) is 1.71. The predicted octanol–water partition coefficient (Wildman–Crippen LogP) is 2.77. The van der Waals surface area contributed by atoms with E-state index < -0.39 is 0 Å². The Morgan fingerprint density at radius 3 is 3.00 bits per heavy atom. The van der Waals surface area contributed by atoms with Crippen molar-refractivity contribution in [3.63, 3.8) is 0 Å². The molecule has 12 heavy (non-hydrogen) atoms. The van der Waals surface area contributed by atoms with Gasteiger partial charge in [0, 0.05) is 0 Å². The van der Waals surface area contributed by atoms with Gasteiger partial charge in [0.25, 0.3) is 0 Å². The van der Waals surface area contributed by atoms with E-state index in [0.717, 1.165) is 29.6 Å². The maximum Gasteiger partial charge on any atom is -0.0103 e. The highest BCUT2D eigenvalue weighted by Gasteiger charge is 2.54. The first-order chi connectivity index (χ1) is 5.93. The fraction of sp³-hybridized carbons (Fsp3) is 0.667. The van der Waals surface area contributed by atoms with E-state index in [0.29, 0.717) is 0 Å². The summed E-state index contributed by atoms with van der Waals surface area (Å²) in [5.41, 5.74) is 1.84. The molecule has 0 heteroatoms. The van der Waals surface area contributed by atoms with Gasteiger partial charge in [0.05, 0.1) is 0 Å². The summed E-state index contributed by atoms with van der Waals surface area (Å²) in [6.45, 7) is 0. The van der Waals surface area contributed by atoms with Crippen LogP contribution in [0.1, 0.15) is 19.3 Å². The van der Waals surface area contributed by atoms with Gasteiger partial charge in [0.2, 0.25) is 0 Å². The molecule has 4 rings (SSSR count). The third kappa shape index (κ3) is 0.485. The van der Waals surface area contributed by atoms with Crippen molar-refractivity contribution in [3.05, 3.63) is 23.8 Å². The van der Waals surface area contributed by atoms with E-state index in [2.05, 4.69) is 18.2 Å². The van der Waals surface area contributed by atoms with Gasteiger partial charge >= 0.3 is 0 Å². The van der Waals surface area contributed by atoms with E-state index in [1.165, 1.54) is 19.3 Å². The molecule has 0 saturated heterocycles. The third-order valence-electron chi connectivity index (χ3n) is 4.67. The first-order valence-corrected chi connectivity index (χ1v) is 5.31. The van der Waals surface area contributed by atoms with Crippen molar-refractivity contribution in [3.8, 4) is 0 Å². The van der Waals surface area contributed by atoms with Crippen LogP contribution in [0.5, 0.6) is 0 Å². The molecule has 2 saturated carbocycles. The molecule has 5 unspecified atom stereocenters. The largest absolute Gasteiger partial charge is 0.0848 e. The van der Waals surface area contributed by atoms with Crippen molar-refractivity contribution in [2.75, 3.05) is 0 Å². The summed E-state index contributed by atoms with van der Waals surface area (Å²) < 4.78 is 0. The Morgan fingerprint density at radius 1 is 1.17 bits per heavy atom. The molecule has 2 fully saturated rings. The SMILES string of the molecule is C1=CC2CC1C1C3=CCC(C3)C21. The maximum atomic E-state index is 2.54. The zero-order chi connectivity index (χ0) is 7.71. The van der Waals surface area contributed by atoms with Gasteiger partial charge in [0.15, 0.2) is 0 Å². The van der Waals surface area contributed by atoms with E-state index in [1.807, 2.05) is 5.57 Å². The molecule has 0 aromatic rings. The second-order valence-electron chi connectivity index (χ2n) is 5.03. The molecular formula is C12H14. The van der Waals surface area contributed by atoms with Crippen LogP contribution in [0.4, 0.5) is 0 Å². The molecule has 0 nitrogen and oxygen atoms in total. The number of allylic oxidation sites excluding steroid dienone is 4. The second-order valence-corrected chi connectivity index (χ2v) is 5.03. The fourth-order valence-corrected chi connectivity index (χ4v) is 4.36. The molecule has 0 N–H and O–H groups in total. The van der Waals surface area contributed by atoms with Crippen LogP contribution in [-0.2, 0) is 0 Å². The molecule has 4 aliphatic carbocycles. The van der Waals surface area contributed by atoms with Gasteiger partial charge in [-0.15, -0.1) is 0 Å². The Balaban J connectivity index is 1.89. The summed E-state index contributed by atoms with van der Waals surface area (Å²) >= 11 is 0. The quantitative estimate of drug-likeness (QED) is 0.375. The van der Waals surface area contributed by atoms with Crippen LogP contribution >= 0.6 is 0 Å². The molecule has 5 atom stereocenters. The number of fused-ring (bicyclic) bond motifs is 9. The molecule has 0 spiro atoms. The zero-order valence-corrected chi connectivity index (χ0v) is 7.24. The first kappa shape index (κ1) is 6.01. The summed E-state index contributed by atoms with van der Waals surface area (Å²) in [7, 11) is 0. The highest BCUT2D eigenvalue weighted by molar-refractivity contribution is 5.32. The average Bonchev–Trinajstić information content (AvgIpc) is 2.83. The van der Waals surface area contributed by atoms with Crippen molar-refractivity contribution in [1.29, 1.82) is 0 Å². The first-order valence-electron chi connectivity index (χ1n) is 5.31. The molecule has 0 heterocycles. The minimum absolute atomic E-state index is 0.955. The number of hydrogen-bond acceptors (Lipinski definition) is 0. The normalized spacial score (nSPS) is 58.0. The van der Waals surface area contributed by atoms with Crippen LogP contribution in [-0.4, -0.2) is 0 Å². The highest BCUT2D eigenvalue weighted by atomic mass is 14.6. The highest BCUT2D eigenvalue weighted by Crippen LogP contribution is 2.63. The van der Waals surface area contributed by atoms with Crippen LogP contribution in [0.3, 0.4) is 0 Å². The smallest absolute Gasteiger partial charge is 0.0103 e. The number of rotatable bonds is 0. The molecule has 0 aromatic heterocycles. The van der Waals surface area contributed by atoms with Gasteiger partial charge in [-0.05, 0) is 48.9 Å². The van der Waals surface area contributed by atoms with E-state index in [1.54, 1.807) is 0 Å². The molecule has 0 amide bonds. The molecule has 0 radical (unpaired) electrons. The lowest BCUT2D eigenvalue weighted by atomic mass is 9.77. The predicted molar refractivity (Wildman–Crippen MR) is 48.5 cm³/mol. The fourth-order valence-electron chi connectivity index (χ4n) is 4.36. The van der Waals surface area contributed by atoms with Gasteiger partial charge in [-0.2, -0.15) is 0 Å². The van der Waals surface area contributed by atoms with E-state index in [4.69, 9.17) is 0 Å². The maximum absolute atomic E-state index is 2.54. The van der Waals surface area contributed by atoms with E-state index in [-0.39, 0.29) is 0 Å². The molecule has 62 valence electrons. The van der Waals surface area contributed by atoms with Crippen molar-refractivity contribution in [2.45, 2.75) is 19.3 Å². The lowest BCUT2D eigenvalue weighted by Gasteiger charge is -2.27. The van der Waals surface area contributed by atoms with Gasteiger partial charge < -0.3 is 0 Å². The van der Waals surface area contributed by atoms with Crippen LogP contribution in [0, 0.1) is 29.6 Å². The van der Waals surface area contributed by atoms with E-state index in [9.17, 15) is 0 Å². The summed E-state index contributed by atoms with van der Waals surface area (Å²) in [6.07, 6.45) is 11.9. The minimum atomic E-state index is 0.955. The Kier molecular flexibility index (Phi) is 0.856. The van der Waals surface area contributed by atoms with Crippen LogP contribution < -0.4 is 0 Å². The molecule has 4 aliphatic rings. The van der Waals surface area contributed by atoms with Crippen LogP contribution in [0.2, 0.25) is 0 Å². The van der Waals surface area contributed by atoms with Crippen LogP contribution in [0.15, 0.2) is 23.8 Å². The molecule has 0 aromatic carbocycles. The molecule has 0 aliphatic heterocycles. The average molecular weight is 158 g/mol. The standard InChI is InChI=1S/C12H14/c1-2-8-5-7(1)11-9-3-4-10(6-9)12(8)11/h1-3,7-8,10-12H,4-6H2. The molecule has 4 bridgehead atoms. The Labute approximate surface area is 73.4 Å². The topological polar surface area (TPSA) is 0 Å². The van der Waals surface area contributed by atoms with E-state index >= 15 is 0 Å². The third-order valence-corrected chi connectivity index (χ3v) is 4.67. The summed E-state index contributed by atoms with van der Waals surface area (Å²) in [4.78, 5) is 0. The Hall–Kier alpha value is -0.520. The van der Waals surface area contributed by atoms with Crippen molar-refractivity contribution in [2.24, 2.45) is 29.6 Å². The summed E-state index contributed by atoms with van der Waals surface area (Å²) in [6, 6.07) is 0. The number of hydrogen-bond donors (Lipinski definition) is 0.